The number of nitrogens with zero attached hydrogens (tertiary/aromatic N) is 2. The second-order valence-corrected chi connectivity index (χ2v) is 4.29. The molecule has 1 amide bonds. The molecule has 2 atom stereocenters. The normalized spacial score (nSPS) is 23.2. The molecule has 1 aliphatic heterocycles. The van der Waals surface area contributed by atoms with Crippen LogP contribution in [0, 0.1) is 6.92 Å². The SMILES string of the molecule is COC(=O)C1CC(O)CN1C(=O)c1cn[nH]c1C. The first-order valence-electron chi connectivity index (χ1n) is 5.61. The van der Waals surface area contributed by atoms with Crippen LogP contribution in [0.1, 0.15) is 22.5 Å². The zero-order valence-corrected chi connectivity index (χ0v) is 10.2. The lowest BCUT2D eigenvalue weighted by molar-refractivity contribution is -0.145. The molecule has 1 aliphatic rings. The zero-order chi connectivity index (χ0) is 13.3. The third-order valence-electron chi connectivity index (χ3n) is 3.07. The van der Waals surface area contributed by atoms with Gasteiger partial charge in [-0.2, -0.15) is 5.10 Å². The van der Waals surface area contributed by atoms with Crippen molar-refractivity contribution in [3.05, 3.63) is 17.5 Å². The lowest BCUT2D eigenvalue weighted by Gasteiger charge is -2.21. The van der Waals surface area contributed by atoms with Crippen molar-refractivity contribution in [1.29, 1.82) is 0 Å². The van der Waals surface area contributed by atoms with Crippen LogP contribution in [-0.2, 0) is 9.53 Å². The summed E-state index contributed by atoms with van der Waals surface area (Å²) in [5.74, 6) is -0.839. The lowest BCUT2D eigenvalue weighted by atomic mass is 10.2. The first-order valence-corrected chi connectivity index (χ1v) is 5.61. The largest absolute Gasteiger partial charge is 0.467 e. The lowest BCUT2D eigenvalue weighted by Crippen LogP contribution is -2.41. The van der Waals surface area contributed by atoms with Gasteiger partial charge in [-0.1, -0.05) is 0 Å². The number of aromatic nitrogens is 2. The van der Waals surface area contributed by atoms with E-state index >= 15 is 0 Å². The zero-order valence-electron chi connectivity index (χ0n) is 10.2. The number of methoxy groups -OCH3 is 1. The van der Waals surface area contributed by atoms with E-state index in [4.69, 9.17) is 0 Å². The molecule has 2 heterocycles. The summed E-state index contributed by atoms with van der Waals surface area (Å²) in [5.41, 5.74) is 1.03. The van der Waals surface area contributed by atoms with Crippen LogP contribution in [0.5, 0.6) is 0 Å². The molecule has 2 N–H and O–H groups in total. The molecule has 0 spiro atoms. The fourth-order valence-electron chi connectivity index (χ4n) is 2.12. The number of nitrogens with one attached hydrogen (secondary N) is 1. The molecule has 0 aliphatic carbocycles. The number of ether oxygens (including phenoxy) is 1. The van der Waals surface area contributed by atoms with E-state index in [1.54, 1.807) is 6.92 Å². The number of aromatic amines is 1. The van der Waals surface area contributed by atoms with Crippen LogP contribution in [0.25, 0.3) is 0 Å². The van der Waals surface area contributed by atoms with Gasteiger partial charge in [0.25, 0.3) is 5.91 Å². The predicted octanol–water partition coefficient (Wildman–Crippen LogP) is -0.533. The molecule has 1 fully saturated rings. The van der Waals surface area contributed by atoms with Crippen LogP contribution < -0.4 is 0 Å². The number of esters is 1. The second-order valence-electron chi connectivity index (χ2n) is 4.29. The highest BCUT2D eigenvalue weighted by Gasteiger charge is 2.40. The molecule has 0 saturated carbocycles. The van der Waals surface area contributed by atoms with Gasteiger partial charge in [-0.25, -0.2) is 4.79 Å². The molecule has 2 unspecified atom stereocenters. The van der Waals surface area contributed by atoms with Gasteiger partial charge in [0.05, 0.1) is 25.0 Å². The van der Waals surface area contributed by atoms with Crippen molar-refractivity contribution >= 4 is 11.9 Å². The molecule has 0 radical (unpaired) electrons. The molecule has 1 aromatic heterocycles. The smallest absolute Gasteiger partial charge is 0.328 e. The average Bonchev–Trinajstić information content (AvgIpc) is 2.93. The summed E-state index contributed by atoms with van der Waals surface area (Å²) in [5, 5.41) is 16.0. The van der Waals surface area contributed by atoms with Gasteiger partial charge in [-0.15, -0.1) is 0 Å². The summed E-state index contributed by atoms with van der Waals surface area (Å²) >= 11 is 0. The van der Waals surface area contributed by atoms with Crippen LogP contribution in [0.3, 0.4) is 0 Å². The van der Waals surface area contributed by atoms with E-state index < -0.39 is 18.1 Å². The van der Waals surface area contributed by atoms with E-state index in [0.29, 0.717) is 11.3 Å². The van der Waals surface area contributed by atoms with Gasteiger partial charge in [0.15, 0.2) is 0 Å². The fraction of sp³-hybridized carbons (Fsp3) is 0.545. The van der Waals surface area contributed by atoms with Crippen molar-refractivity contribution < 1.29 is 19.4 Å². The summed E-state index contributed by atoms with van der Waals surface area (Å²) in [6.45, 7) is 1.85. The third kappa shape index (κ3) is 2.08. The van der Waals surface area contributed by atoms with E-state index in [9.17, 15) is 14.7 Å². The number of amides is 1. The van der Waals surface area contributed by atoms with Gasteiger partial charge in [0.2, 0.25) is 0 Å². The summed E-state index contributed by atoms with van der Waals surface area (Å²) in [6, 6.07) is -0.730. The maximum absolute atomic E-state index is 12.3. The van der Waals surface area contributed by atoms with Crippen molar-refractivity contribution in [3.63, 3.8) is 0 Å². The van der Waals surface area contributed by atoms with Crippen LogP contribution in [0.15, 0.2) is 6.20 Å². The number of likely N-dealkylation sites (tertiary alicyclic amines) is 1. The molecule has 18 heavy (non-hydrogen) atoms. The highest BCUT2D eigenvalue weighted by atomic mass is 16.5. The van der Waals surface area contributed by atoms with Crippen molar-refractivity contribution in [1.82, 2.24) is 15.1 Å². The summed E-state index contributed by atoms with van der Waals surface area (Å²) < 4.78 is 4.64. The quantitative estimate of drug-likeness (QED) is 0.690. The Morgan fingerprint density at radius 2 is 2.33 bits per heavy atom. The first kappa shape index (κ1) is 12.6. The number of rotatable bonds is 2. The minimum absolute atomic E-state index is 0.128. The number of carbonyl (C=O) groups excluding carboxylic acids is 2. The minimum atomic E-state index is -0.730. The molecule has 98 valence electrons. The minimum Gasteiger partial charge on any atom is -0.467 e. The van der Waals surface area contributed by atoms with Crippen LogP contribution in [0.2, 0.25) is 0 Å². The predicted molar refractivity (Wildman–Crippen MR) is 60.8 cm³/mol. The van der Waals surface area contributed by atoms with Crippen LogP contribution in [-0.4, -0.2) is 57.9 Å². The van der Waals surface area contributed by atoms with Gasteiger partial charge >= 0.3 is 5.97 Å². The number of aryl methyl sites for hydroxylation is 1. The Balaban J connectivity index is 2.23. The molecule has 7 heteroatoms. The Bertz CT molecular complexity index is 471. The summed E-state index contributed by atoms with van der Waals surface area (Å²) in [4.78, 5) is 25.2. The van der Waals surface area contributed by atoms with Gasteiger partial charge in [0, 0.05) is 18.7 Å². The van der Waals surface area contributed by atoms with E-state index in [-0.39, 0.29) is 18.9 Å². The number of carbonyl (C=O) groups is 2. The standard InChI is InChI=1S/C11H15N3O4/c1-6-8(4-12-13-6)10(16)14-5-7(15)3-9(14)11(17)18-2/h4,7,9,15H,3,5H2,1-2H3,(H,12,13). The topological polar surface area (TPSA) is 95.5 Å². The molecule has 1 saturated heterocycles. The Morgan fingerprint density at radius 3 is 2.89 bits per heavy atom. The van der Waals surface area contributed by atoms with Gasteiger partial charge in [-0.05, 0) is 6.92 Å². The first-order chi connectivity index (χ1) is 8.54. The Morgan fingerprint density at radius 1 is 1.61 bits per heavy atom. The van der Waals surface area contributed by atoms with E-state index in [2.05, 4.69) is 14.9 Å². The van der Waals surface area contributed by atoms with Crippen molar-refractivity contribution in [3.8, 4) is 0 Å². The molecule has 2 rings (SSSR count). The second kappa shape index (κ2) is 4.77. The molecule has 7 nitrogen and oxygen atoms in total. The highest BCUT2D eigenvalue weighted by molar-refractivity contribution is 5.97. The Kier molecular flexibility index (Phi) is 3.33. The van der Waals surface area contributed by atoms with Crippen molar-refractivity contribution in [2.75, 3.05) is 13.7 Å². The molecule has 0 aromatic carbocycles. The highest BCUT2D eigenvalue weighted by Crippen LogP contribution is 2.22. The van der Waals surface area contributed by atoms with E-state index in [1.807, 2.05) is 0 Å². The Labute approximate surface area is 104 Å². The third-order valence-corrected chi connectivity index (χ3v) is 3.07. The van der Waals surface area contributed by atoms with E-state index in [0.717, 1.165) is 0 Å². The molecular formula is C11H15N3O4. The molecule has 1 aromatic rings. The molecule has 0 bridgehead atoms. The number of hydrogen-bond acceptors (Lipinski definition) is 5. The number of hydrogen-bond donors (Lipinski definition) is 2. The maximum Gasteiger partial charge on any atom is 0.328 e. The van der Waals surface area contributed by atoms with Crippen LogP contribution in [0.4, 0.5) is 0 Å². The Hall–Kier alpha value is -1.89. The fourth-order valence-corrected chi connectivity index (χ4v) is 2.12. The number of aliphatic hydroxyl groups excluding tert-OH is 1. The van der Waals surface area contributed by atoms with E-state index in [1.165, 1.54) is 18.2 Å². The van der Waals surface area contributed by atoms with Gasteiger partial charge in [0.1, 0.15) is 6.04 Å². The van der Waals surface area contributed by atoms with Gasteiger partial charge < -0.3 is 14.7 Å². The van der Waals surface area contributed by atoms with Crippen molar-refractivity contribution in [2.45, 2.75) is 25.5 Å². The monoisotopic (exact) mass is 253 g/mol. The maximum atomic E-state index is 12.3. The van der Waals surface area contributed by atoms with Crippen LogP contribution >= 0.6 is 0 Å². The molecular weight excluding hydrogens is 238 g/mol. The van der Waals surface area contributed by atoms with Crippen molar-refractivity contribution in [2.24, 2.45) is 0 Å². The summed E-state index contributed by atoms with van der Waals surface area (Å²) in [6.07, 6.45) is 0.914. The average molecular weight is 253 g/mol. The van der Waals surface area contributed by atoms with Gasteiger partial charge in [-0.3, -0.25) is 9.89 Å². The number of H-pyrrole nitrogens is 1. The number of β-amino-alcohol motifs (C(OH)–C–C–N with tert-alkyl or cyclic N) is 1. The summed E-state index contributed by atoms with van der Waals surface area (Å²) in [7, 11) is 1.26. The number of aliphatic hydroxyl groups is 1.